The van der Waals surface area contributed by atoms with Gasteiger partial charge in [0.25, 0.3) is 0 Å². The molecule has 4 nitrogen and oxygen atoms in total. The van der Waals surface area contributed by atoms with Gasteiger partial charge in [-0.3, -0.25) is 9.13 Å². The van der Waals surface area contributed by atoms with E-state index in [1.807, 2.05) is 12.1 Å². The van der Waals surface area contributed by atoms with Gasteiger partial charge in [0.05, 0.1) is 11.0 Å². The lowest BCUT2D eigenvalue weighted by atomic mass is 9.96. The predicted octanol–water partition coefficient (Wildman–Crippen LogP) is 2.19. The fourth-order valence-electron chi connectivity index (χ4n) is 2.15. The van der Waals surface area contributed by atoms with E-state index < -0.39 is 0 Å². The quantitative estimate of drug-likeness (QED) is 0.907. The number of benzene rings is 1. The molecule has 0 aliphatic carbocycles. The van der Waals surface area contributed by atoms with Gasteiger partial charge >= 0.3 is 5.69 Å². The van der Waals surface area contributed by atoms with Gasteiger partial charge in [-0.2, -0.15) is 0 Å². The van der Waals surface area contributed by atoms with Crippen LogP contribution in [0.1, 0.15) is 25.5 Å². The van der Waals surface area contributed by atoms with E-state index >= 15 is 0 Å². The summed E-state index contributed by atoms with van der Waals surface area (Å²) in [6.07, 6.45) is 0. The molecule has 1 aromatic carbocycles. The van der Waals surface area contributed by atoms with Gasteiger partial charge in [-0.1, -0.05) is 25.4 Å². The summed E-state index contributed by atoms with van der Waals surface area (Å²) < 4.78 is 3.20. The highest BCUT2D eigenvalue weighted by molar-refractivity contribution is 6.32. The van der Waals surface area contributed by atoms with E-state index in [1.54, 1.807) is 23.2 Å². The first-order chi connectivity index (χ1) is 8.34. The monoisotopic (exact) mass is 267 g/mol. The average Bonchev–Trinajstić information content (AvgIpc) is 2.53. The Morgan fingerprint density at radius 1 is 1.17 bits per heavy atom. The maximum absolute atomic E-state index is 11.9. The Morgan fingerprint density at radius 3 is 2.17 bits per heavy atom. The Kier molecular flexibility index (Phi) is 3.25. The van der Waals surface area contributed by atoms with Gasteiger partial charge in [0, 0.05) is 25.2 Å². The fraction of sp³-hybridized carbons (Fsp3) is 0.462. The van der Waals surface area contributed by atoms with Crippen LogP contribution in [0.4, 0.5) is 0 Å². The van der Waals surface area contributed by atoms with Crippen molar-refractivity contribution < 1.29 is 0 Å². The SMILES string of the molecule is CC(C)C(N)c1cc2c(cc1Cl)n(C)c(=O)n2C. The van der Waals surface area contributed by atoms with Gasteiger partial charge in [0.2, 0.25) is 0 Å². The highest BCUT2D eigenvalue weighted by Crippen LogP contribution is 2.30. The maximum atomic E-state index is 11.9. The van der Waals surface area contributed by atoms with Crippen molar-refractivity contribution in [1.29, 1.82) is 0 Å². The zero-order chi connectivity index (χ0) is 13.6. The van der Waals surface area contributed by atoms with Crippen molar-refractivity contribution >= 4 is 22.6 Å². The predicted molar refractivity (Wildman–Crippen MR) is 74.9 cm³/mol. The molecule has 0 aliphatic heterocycles. The summed E-state index contributed by atoms with van der Waals surface area (Å²) in [6, 6.07) is 3.61. The van der Waals surface area contributed by atoms with E-state index in [9.17, 15) is 4.79 Å². The van der Waals surface area contributed by atoms with Crippen molar-refractivity contribution in [2.75, 3.05) is 0 Å². The van der Waals surface area contributed by atoms with Crippen molar-refractivity contribution in [3.63, 3.8) is 0 Å². The van der Waals surface area contributed by atoms with Crippen LogP contribution in [-0.2, 0) is 14.1 Å². The molecule has 0 aliphatic rings. The standard InChI is InChI=1S/C13H18ClN3O/c1-7(2)12(15)8-5-10-11(6-9(8)14)17(4)13(18)16(10)3/h5-7,12H,15H2,1-4H3. The summed E-state index contributed by atoms with van der Waals surface area (Å²) >= 11 is 6.27. The number of halogens is 1. The van der Waals surface area contributed by atoms with Gasteiger partial charge in [-0.25, -0.2) is 4.79 Å². The first-order valence-corrected chi connectivity index (χ1v) is 6.32. The summed E-state index contributed by atoms with van der Waals surface area (Å²) in [5, 5.41) is 0.616. The summed E-state index contributed by atoms with van der Waals surface area (Å²) in [5.41, 5.74) is 8.66. The van der Waals surface area contributed by atoms with Crippen molar-refractivity contribution in [3.8, 4) is 0 Å². The fourth-order valence-corrected chi connectivity index (χ4v) is 2.43. The van der Waals surface area contributed by atoms with Crippen LogP contribution in [0.15, 0.2) is 16.9 Å². The summed E-state index contributed by atoms with van der Waals surface area (Å²) in [6.45, 7) is 4.10. The van der Waals surface area contributed by atoms with Gasteiger partial charge in [-0.05, 0) is 23.6 Å². The highest BCUT2D eigenvalue weighted by Gasteiger charge is 2.17. The number of hydrogen-bond donors (Lipinski definition) is 1. The molecule has 0 fully saturated rings. The lowest BCUT2D eigenvalue weighted by molar-refractivity contribution is 0.514. The van der Waals surface area contributed by atoms with Crippen LogP contribution in [0.2, 0.25) is 5.02 Å². The topological polar surface area (TPSA) is 52.9 Å². The lowest BCUT2D eigenvalue weighted by Crippen LogP contribution is -2.19. The molecule has 18 heavy (non-hydrogen) atoms. The Labute approximate surface area is 111 Å². The number of imidazole rings is 1. The van der Waals surface area contributed by atoms with E-state index in [0.717, 1.165) is 16.6 Å². The summed E-state index contributed by atoms with van der Waals surface area (Å²) in [7, 11) is 3.49. The minimum Gasteiger partial charge on any atom is -0.324 e. The van der Waals surface area contributed by atoms with Gasteiger partial charge in [0.15, 0.2) is 0 Å². The Morgan fingerprint density at radius 2 is 1.67 bits per heavy atom. The second-order valence-corrected chi connectivity index (χ2v) is 5.44. The number of aromatic nitrogens is 2. The molecule has 2 rings (SSSR count). The molecule has 1 unspecified atom stereocenters. The summed E-state index contributed by atoms with van der Waals surface area (Å²) in [4.78, 5) is 11.9. The van der Waals surface area contributed by atoms with Gasteiger partial charge in [-0.15, -0.1) is 0 Å². The molecule has 5 heteroatoms. The third-order valence-corrected chi connectivity index (χ3v) is 3.80. The molecule has 0 spiro atoms. The number of fused-ring (bicyclic) bond motifs is 1. The Bertz CT molecular complexity index is 654. The van der Waals surface area contributed by atoms with E-state index in [-0.39, 0.29) is 11.7 Å². The van der Waals surface area contributed by atoms with Crippen LogP contribution in [0.5, 0.6) is 0 Å². The molecule has 0 amide bonds. The van der Waals surface area contributed by atoms with Gasteiger partial charge < -0.3 is 5.73 Å². The van der Waals surface area contributed by atoms with E-state index in [1.165, 1.54) is 0 Å². The molecule has 2 aromatic rings. The first-order valence-electron chi connectivity index (χ1n) is 5.95. The number of hydrogen-bond acceptors (Lipinski definition) is 2. The van der Waals surface area contributed by atoms with E-state index in [0.29, 0.717) is 10.9 Å². The molecule has 0 radical (unpaired) electrons. The minimum absolute atomic E-state index is 0.0589. The normalized spacial score (nSPS) is 13.5. The Hall–Kier alpha value is -1.26. The molecular formula is C13H18ClN3O. The average molecular weight is 268 g/mol. The largest absolute Gasteiger partial charge is 0.328 e. The zero-order valence-corrected chi connectivity index (χ0v) is 11.8. The molecule has 1 aromatic heterocycles. The van der Waals surface area contributed by atoms with Crippen molar-refractivity contribution in [1.82, 2.24) is 9.13 Å². The van der Waals surface area contributed by atoms with Crippen molar-refractivity contribution in [2.45, 2.75) is 19.9 Å². The maximum Gasteiger partial charge on any atom is 0.328 e. The smallest absolute Gasteiger partial charge is 0.324 e. The van der Waals surface area contributed by atoms with Gasteiger partial charge in [0.1, 0.15) is 0 Å². The highest BCUT2D eigenvalue weighted by atomic mass is 35.5. The van der Waals surface area contributed by atoms with Crippen LogP contribution >= 0.6 is 11.6 Å². The van der Waals surface area contributed by atoms with Crippen molar-refractivity contribution in [3.05, 3.63) is 33.2 Å². The zero-order valence-electron chi connectivity index (χ0n) is 11.1. The number of aryl methyl sites for hydroxylation is 2. The van der Waals surface area contributed by atoms with E-state index in [2.05, 4.69) is 13.8 Å². The molecule has 0 saturated carbocycles. The van der Waals surface area contributed by atoms with Crippen LogP contribution in [-0.4, -0.2) is 9.13 Å². The van der Waals surface area contributed by atoms with E-state index in [4.69, 9.17) is 17.3 Å². The van der Waals surface area contributed by atoms with Crippen LogP contribution in [0.3, 0.4) is 0 Å². The molecule has 1 atom stereocenters. The number of nitrogens with two attached hydrogens (primary N) is 1. The first kappa shape index (κ1) is 13.2. The van der Waals surface area contributed by atoms with Crippen molar-refractivity contribution in [2.24, 2.45) is 25.7 Å². The third-order valence-electron chi connectivity index (χ3n) is 3.47. The molecule has 1 heterocycles. The lowest BCUT2D eigenvalue weighted by Gasteiger charge is -2.17. The van der Waals surface area contributed by atoms with Crippen LogP contribution in [0.25, 0.3) is 11.0 Å². The molecule has 0 bridgehead atoms. The molecule has 0 saturated heterocycles. The Balaban J connectivity index is 2.77. The third kappa shape index (κ3) is 1.85. The molecule has 98 valence electrons. The second-order valence-electron chi connectivity index (χ2n) is 5.03. The number of rotatable bonds is 2. The van der Waals surface area contributed by atoms with Crippen LogP contribution < -0.4 is 11.4 Å². The summed E-state index contributed by atoms with van der Waals surface area (Å²) in [5.74, 6) is 0.292. The minimum atomic E-state index is -0.128. The second kappa shape index (κ2) is 4.44. The number of nitrogens with zero attached hydrogens (tertiary/aromatic N) is 2. The van der Waals surface area contributed by atoms with Crippen LogP contribution in [0, 0.1) is 5.92 Å². The molecule has 2 N–H and O–H groups in total. The molecular weight excluding hydrogens is 250 g/mol.